The third-order valence-corrected chi connectivity index (χ3v) is 6.96. The highest BCUT2D eigenvalue weighted by atomic mass is 35.5. The molecule has 1 unspecified atom stereocenters. The van der Waals surface area contributed by atoms with Crippen molar-refractivity contribution in [3.63, 3.8) is 0 Å². The van der Waals surface area contributed by atoms with Crippen LogP contribution in [0.25, 0.3) is 10.8 Å². The number of H-pyrrole nitrogens is 1. The molecule has 0 radical (unpaired) electrons. The van der Waals surface area contributed by atoms with Gasteiger partial charge in [0.25, 0.3) is 5.56 Å². The highest BCUT2D eigenvalue weighted by Crippen LogP contribution is 2.44. The van der Waals surface area contributed by atoms with Crippen LogP contribution in [0.2, 0.25) is 5.02 Å². The topological polar surface area (TPSA) is 91.9 Å². The number of hydrogen-bond donors (Lipinski definition) is 2. The number of hydrogen-bond acceptors (Lipinski definition) is 4. The number of halogens is 1. The summed E-state index contributed by atoms with van der Waals surface area (Å²) < 4.78 is 6.28. The molecule has 4 rings (SSSR count). The van der Waals surface area contributed by atoms with E-state index in [9.17, 15) is 10.1 Å². The Kier molecular flexibility index (Phi) is 6.04. The third kappa shape index (κ3) is 4.06. The lowest BCUT2D eigenvalue weighted by Gasteiger charge is -2.44. The Morgan fingerprint density at radius 1 is 1.29 bits per heavy atom. The molecule has 2 aromatic carbocycles. The standard InChI is InChI=1S/C25H26ClN3O2/c1-2-23(28)25(18-5-3-4-16(12-18)15-27)9-6-19(7-10-25)31-22-13-17-8-11-29-24(30)20(17)14-21(22)26/h3-5,8,11-14,19,23H,2,6-7,9-10,28H2,1H3,(H,29,30)/t19-,23?,25+. The molecule has 1 aliphatic rings. The summed E-state index contributed by atoms with van der Waals surface area (Å²) in [5.41, 5.74) is 8.10. The Morgan fingerprint density at radius 2 is 2.06 bits per heavy atom. The van der Waals surface area contributed by atoms with Crippen LogP contribution in [0, 0.1) is 11.3 Å². The van der Waals surface area contributed by atoms with E-state index in [-0.39, 0.29) is 23.1 Å². The number of ether oxygens (including phenoxy) is 1. The summed E-state index contributed by atoms with van der Waals surface area (Å²) in [4.78, 5) is 14.7. The lowest BCUT2D eigenvalue weighted by atomic mass is 9.63. The monoisotopic (exact) mass is 435 g/mol. The highest BCUT2D eigenvalue weighted by Gasteiger charge is 2.41. The van der Waals surface area contributed by atoms with Gasteiger partial charge in [-0.1, -0.05) is 30.7 Å². The number of rotatable bonds is 5. The normalized spacial score (nSPS) is 22.1. The van der Waals surface area contributed by atoms with E-state index in [1.165, 1.54) is 0 Å². The van der Waals surface area contributed by atoms with Gasteiger partial charge in [-0.15, -0.1) is 0 Å². The zero-order valence-corrected chi connectivity index (χ0v) is 18.3. The largest absolute Gasteiger partial charge is 0.489 e. The van der Waals surface area contributed by atoms with Crippen LogP contribution < -0.4 is 16.0 Å². The van der Waals surface area contributed by atoms with Crippen LogP contribution in [-0.2, 0) is 5.41 Å². The molecule has 1 fully saturated rings. The predicted octanol–water partition coefficient (Wildman–Crippen LogP) is 5.05. The second-order valence-corrected chi connectivity index (χ2v) is 8.76. The molecule has 1 aromatic heterocycles. The fourth-order valence-electron chi connectivity index (χ4n) is 4.85. The molecule has 1 saturated carbocycles. The molecule has 0 amide bonds. The fourth-order valence-corrected chi connectivity index (χ4v) is 5.05. The van der Waals surface area contributed by atoms with Gasteiger partial charge in [0.1, 0.15) is 5.75 Å². The first-order valence-corrected chi connectivity index (χ1v) is 11.1. The van der Waals surface area contributed by atoms with Gasteiger partial charge in [-0.2, -0.15) is 5.26 Å². The van der Waals surface area contributed by atoms with E-state index in [0.29, 0.717) is 21.7 Å². The van der Waals surface area contributed by atoms with E-state index in [4.69, 9.17) is 22.1 Å². The van der Waals surface area contributed by atoms with Crippen molar-refractivity contribution in [1.29, 1.82) is 5.26 Å². The summed E-state index contributed by atoms with van der Waals surface area (Å²) >= 11 is 6.42. The predicted molar refractivity (Wildman–Crippen MR) is 124 cm³/mol. The molecule has 0 spiro atoms. The summed E-state index contributed by atoms with van der Waals surface area (Å²) in [5, 5.41) is 11.1. The Bertz CT molecular complexity index is 1190. The van der Waals surface area contributed by atoms with Gasteiger partial charge in [0.15, 0.2) is 0 Å². The molecule has 1 aliphatic carbocycles. The zero-order valence-electron chi connectivity index (χ0n) is 17.5. The molecular weight excluding hydrogens is 410 g/mol. The molecule has 0 aliphatic heterocycles. The molecule has 5 nitrogen and oxygen atoms in total. The maximum atomic E-state index is 12.0. The van der Waals surface area contributed by atoms with E-state index in [1.54, 1.807) is 12.3 Å². The van der Waals surface area contributed by atoms with Crippen molar-refractivity contribution in [1.82, 2.24) is 4.98 Å². The molecule has 31 heavy (non-hydrogen) atoms. The highest BCUT2D eigenvalue weighted by molar-refractivity contribution is 6.32. The van der Waals surface area contributed by atoms with Gasteiger partial charge >= 0.3 is 0 Å². The number of pyridine rings is 1. The first-order valence-electron chi connectivity index (χ1n) is 10.7. The molecule has 0 saturated heterocycles. The molecule has 3 aromatic rings. The summed E-state index contributed by atoms with van der Waals surface area (Å²) in [6.45, 7) is 2.11. The number of nitrogens with one attached hydrogen (secondary N) is 1. The third-order valence-electron chi connectivity index (χ3n) is 6.66. The number of nitriles is 1. The van der Waals surface area contributed by atoms with E-state index >= 15 is 0 Å². The van der Waals surface area contributed by atoms with Crippen molar-refractivity contribution < 1.29 is 4.74 Å². The van der Waals surface area contributed by atoms with Crippen LogP contribution in [0.3, 0.4) is 0 Å². The Hall–Kier alpha value is -2.81. The van der Waals surface area contributed by atoms with E-state index in [2.05, 4.69) is 24.0 Å². The van der Waals surface area contributed by atoms with Crippen molar-refractivity contribution in [2.24, 2.45) is 5.73 Å². The number of benzene rings is 2. The van der Waals surface area contributed by atoms with Crippen LogP contribution in [0.1, 0.15) is 50.2 Å². The molecular formula is C25H26ClN3O2. The number of nitrogens with two attached hydrogens (primary N) is 1. The molecule has 1 heterocycles. The van der Waals surface area contributed by atoms with Crippen LogP contribution in [-0.4, -0.2) is 17.1 Å². The fraction of sp³-hybridized carbons (Fsp3) is 0.360. The summed E-state index contributed by atoms with van der Waals surface area (Å²) in [6, 6.07) is 15.4. The van der Waals surface area contributed by atoms with Gasteiger partial charge in [-0.3, -0.25) is 4.79 Å². The Labute approximate surface area is 186 Å². The average molecular weight is 436 g/mol. The average Bonchev–Trinajstić information content (AvgIpc) is 2.80. The molecule has 1 atom stereocenters. The molecule has 3 N–H and O–H groups in total. The Morgan fingerprint density at radius 3 is 2.77 bits per heavy atom. The maximum Gasteiger partial charge on any atom is 0.255 e. The van der Waals surface area contributed by atoms with E-state index in [1.807, 2.05) is 30.3 Å². The number of fused-ring (bicyclic) bond motifs is 1. The smallest absolute Gasteiger partial charge is 0.255 e. The van der Waals surface area contributed by atoms with Crippen molar-refractivity contribution in [3.05, 3.63) is 75.2 Å². The number of aromatic amines is 1. The second kappa shape index (κ2) is 8.74. The molecule has 160 valence electrons. The first kappa shape index (κ1) is 21.4. The summed E-state index contributed by atoms with van der Waals surface area (Å²) in [5.74, 6) is 0.600. The minimum absolute atomic E-state index is 0.0124. The minimum Gasteiger partial charge on any atom is -0.489 e. The number of nitrogens with zero attached hydrogens (tertiary/aromatic N) is 1. The van der Waals surface area contributed by atoms with Crippen molar-refractivity contribution in [2.45, 2.75) is 56.6 Å². The maximum absolute atomic E-state index is 12.0. The van der Waals surface area contributed by atoms with Gasteiger partial charge < -0.3 is 15.5 Å². The van der Waals surface area contributed by atoms with Gasteiger partial charge in [0.05, 0.1) is 22.8 Å². The molecule has 0 bridgehead atoms. The SMILES string of the molecule is CCC(N)[C@]1(c2cccc(C#N)c2)CC[C@H](Oc2cc3cc[nH]c(=O)c3cc2Cl)CC1. The van der Waals surface area contributed by atoms with Crippen molar-refractivity contribution >= 4 is 22.4 Å². The first-order chi connectivity index (χ1) is 15.0. The van der Waals surface area contributed by atoms with Crippen LogP contribution in [0.4, 0.5) is 0 Å². The lowest BCUT2D eigenvalue weighted by Crippen LogP contribution is -2.48. The van der Waals surface area contributed by atoms with Gasteiger partial charge in [-0.25, -0.2) is 0 Å². The molecule has 6 heteroatoms. The Balaban J connectivity index is 1.56. The van der Waals surface area contributed by atoms with Gasteiger partial charge in [-0.05, 0) is 73.4 Å². The van der Waals surface area contributed by atoms with Gasteiger partial charge in [0, 0.05) is 23.0 Å². The van der Waals surface area contributed by atoms with Crippen LogP contribution in [0.15, 0.2) is 53.5 Å². The summed E-state index contributed by atoms with van der Waals surface area (Å²) in [7, 11) is 0. The van der Waals surface area contributed by atoms with Gasteiger partial charge in [0.2, 0.25) is 0 Å². The lowest BCUT2D eigenvalue weighted by molar-refractivity contribution is 0.104. The second-order valence-electron chi connectivity index (χ2n) is 8.36. The zero-order chi connectivity index (χ0) is 22.0. The van der Waals surface area contributed by atoms with E-state index < -0.39 is 0 Å². The van der Waals surface area contributed by atoms with E-state index in [0.717, 1.165) is 43.1 Å². The van der Waals surface area contributed by atoms with Crippen LogP contribution >= 0.6 is 11.6 Å². The minimum atomic E-state index is -0.165. The number of aromatic nitrogens is 1. The van der Waals surface area contributed by atoms with Crippen LogP contribution in [0.5, 0.6) is 5.75 Å². The quantitative estimate of drug-likeness (QED) is 0.586. The summed E-state index contributed by atoms with van der Waals surface area (Å²) in [6.07, 6.45) is 5.96. The van der Waals surface area contributed by atoms with Crippen molar-refractivity contribution in [3.8, 4) is 11.8 Å². The van der Waals surface area contributed by atoms with Crippen molar-refractivity contribution in [2.75, 3.05) is 0 Å².